The molecule has 0 bridgehead atoms. The van der Waals surface area contributed by atoms with Gasteiger partial charge in [0.1, 0.15) is 5.75 Å². The summed E-state index contributed by atoms with van der Waals surface area (Å²) < 4.78 is 5.50. The van der Waals surface area contributed by atoms with Gasteiger partial charge >= 0.3 is 5.97 Å². The van der Waals surface area contributed by atoms with Crippen LogP contribution in [0.25, 0.3) is 0 Å². The van der Waals surface area contributed by atoms with E-state index in [9.17, 15) is 4.79 Å². The third kappa shape index (κ3) is 5.16. The maximum absolute atomic E-state index is 10.5. The van der Waals surface area contributed by atoms with Gasteiger partial charge in [0.05, 0.1) is 13.0 Å². The highest BCUT2D eigenvalue weighted by Crippen LogP contribution is 2.13. The second-order valence-electron chi connectivity index (χ2n) is 3.46. The van der Waals surface area contributed by atoms with Crippen LogP contribution in [0, 0.1) is 0 Å². The van der Waals surface area contributed by atoms with Crippen molar-refractivity contribution < 1.29 is 14.6 Å². The molecule has 0 aliphatic carbocycles. The highest BCUT2D eigenvalue weighted by atomic mass is 79.9. The van der Waals surface area contributed by atoms with E-state index in [1.54, 1.807) is 12.1 Å². The van der Waals surface area contributed by atoms with Crippen LogP contribution in [-0.2, 0) is 11.2 Å². The highest BCUT2D eigenvalue weighted by molar-refractivity contribution is 9.09. The summed E-state index contributed by atoms with van der Waals surface area (Å²) in [6.45, 7) is 0.698. The molecular formula is C12H15BrO3. The van der Waals surface area contributed by atoms with Gasteiger partial charge in [-0.25, -0.2) is 0 Å². The standard InChI is InChI=1S/C12H15BrO3/c13-7-1-2-8-16-11-5-3-10(4-6-11)9-12(14)15/h3-6H,1-2,7-9H2,(H,14,15). The first-order chi connectivity index (χ1) is 7.72. The summed E-state index contributed by atoms with van der Waals surface area (Å²) in [5, 5.41) is 9.59. The van der Waals surface area contributed by atoms with E-state index in [0.29, 0.717) is 6.61 Å². The molecule has 0 atom stereocenters. The number of alkyl halides is 1. The number of benzene rings is 1. The second-order valence-corrected chi connectivity index (χ2v) is 4.25. The SMILES string of the molecule is O=C(O)Cc1ccc(OCCCCBr)cc1. The zero-order valence-electron chi connectivity index (χ0n) is 8.99. The van der Waals surface area contributed by atoms with E-state index >= 15 is 0 Å². The fraction of sp³-hybridized carbons (Fsp3) is 0.417. The molecule has 3 nitrogen and oxygen atoms in total. The van der Waals surface area contributed by atoms with Gasteiger partial charge < -0.3 is 9.84 Å². The molecule has 1 aromatic carbocycles. The van der Waals surface area contributed by atoms with Gasteiger partial charge in [-0.05, 0) is 30.5 Å². The van der Waals surface area contributed by atoms with Crippen LogP contribution in [0.4, 0.5) is 0 Å². The van der Waals surface area contributed by atoms with Crippen molar-refractivity contribution in [2.75, 3.05) is 11.9 Å². The quantitative estimate of drug-likeness (QED) is 0.619. The number of carbonyl (C=O) groups is 1. The average Bonchev–Trinajstić information content (AvgIpc) is 2.26. The summed E-state index contributed by atoms with van der Waals surface area (Å²) in [6, 6.07) is 7.20. The lowest BCUT2D eigenvalue weighted by Gasteiger charge is -2.05. The van der Waals surface area contributed by atoms with Crippen molar-refractivity contribution in [3.63, 3.8) is 0 Å². The molecule has 0 fully saturated rings. The molecule has 0 unspecified atom stereocenters. The molecule has 88 valence electrons. The largest absolute Gasteiger partial charge is 0.494 e. The van der Waals surface area contributed by atoms with E-state index in [0.717, 1.165) is 29.5 Å². The van der Waals surface area contributed by atoms with Gasteiger partial charge in [0.25, 0.3) is 0 Å². The molecule has 16 heavy (non-hydrogen) atoms. The summed E-state index contributed by atoms with van der Waals surface area (Å²) in [6.07, 6.45) is 2.17. The first kappa shape index (κ1) is 13.0. The Bertz CT molecular complexity index is 322. The molecule has 0 saturated heterocycles. The average molecular weight is 287 g/mol. The van der Waals surface area contributed by atoms with Crippen LogP contribution in [0.15, 0.2) is 24.3 Å². The Morgan fingerprint density at radius 1 is 1.25 bits per heavy atom. The van der Waals surface area contributed by atoms with Gasteiger partial charge in [0, 0.05) is 5.33 Å². The first-order valence-electron chi connectivity index (χ1n) is 5.22. The zero-order chi connectivity index (χ0) is 11.8. The number of carboxylic acid groups (broad SMARTS) is 1. The van der Waals surface area contributed by atoms with Crippen LogP contribution < -0.4 is 4.74 Å². The van der Waals surface area contributed by atoms with E-state index in [-0.39, 0.29) is 6.42 Å². The Kier molecular flexibility index (Phi) is 5.93. The first-order valence-corrected chi connectivity index (χ1v) is 6.34. The van der Waals surface area contributed by atoms with Crippen LogP contribution in [0.3, 0.4) is 0 Å². The summed E-state index contributed by atoms with van der Waals surface area (Å²) in [4.78, 5) is 10.5. The second kappa shape index (κ2) is 7.28. The maximum Gasteiger partial charge on any atom is 0.307 e. The number of aliphatic carboxylic acids is 1. The Hall–Kier alpha value is -1.03. The zero-order valence-corrected chi connectivity index (χ0v) is 10.6. The number of ether oxygens (including phenoxy) is 1. The third-order valence-electron chi connectivity index (χ3n) is 2.08. The van der Waals surface area contributed by atoms with Crippen molar-refractivity contribution in [2.45, 2.75) is 19.3 Å². The fourth-order valence-electron chi connectivity index (χ4n) is 1.26. The monoisotopic (exact) mass is 286 g/mol. The number of hydrogen-bond donors (Lipinski definition) is 1. The van der Waals surface area contributed by atoms with Crippen molar-refractivity contribution in [1.82, 2.24) is 0 Å². The Morgan fingerprint density at radius 2 is 1.94 bits per heavy atom. The number of hydrogen-bond acceptors (Lipinski definition) is 2. The van der Waals surface area contributed by atoms with Crippen molar-refractivity contribution in [3.8, 4) is 5.75 Å². The molecule has 0 heterocycles. The smallest absolute Gasteiger partial charge is 0.307 e. The van der Waals surface area contributed by atoms with Crippen LogP contribution >= 0.6 is 15.9 Å². The van der Waals surface area contributed by atoms with Gasteiger partial charge in [-0.2, -0.15) is 0 Å². The number of rotatable bonds is 7. The number of unbranched alkanes of at least 4 members (excludes halogenated alkanes) is 1. The van der Waals surface area contributed by atoms with Crippen molar-refractivity contribution in [3.05, 3.63) is 29.8 Å². The van der Waals surface area contributed by atoms with Crippen LogP contribution in [0.2, 0.25) is 0 Å². The minimum atomic E-state index is -0.814. The predicted molar refractivity (Wildman–Crippen MR) is 66.3 cm³/mol. The molecule has 0 aliphatic rings. The summed E-state index contributed by atoms with van der Waals surface area (Å²) in [7, 11) is 0. The fourth-order valence-corrected chi connectivity index (χ4v) is 1.66. The molecular weight excluding hydrogens is 272 g/mol. The van der Waals surface area contributed by atoms with Gasteiger partial charge in [0.2, 0.25) is 0 Å². The van der Waals surface area contributed by atoms with Gasteiger partial charge in [0.15, 0.2) is 0 Å². The number of carboxylic acids is 1. The minimum Gasteiger partial charge on any atom is -0.494 e. The number of halogens is 1. The molecule has 1 N–H and O–H groups in total. The Balaban J connectivity index is 2.36. The summed E-state index contributed by atoms with van der Waals surface area (Å²) >= 11 is 3.36. The van der Waals surface area contributed by atoms with Crippen LogP contribution in [-0.4, -0.2) is 23.0 Å². The van der Waals surface area contributed by atoms with E-state index in [2.05, 4.69) is 15.9 Å². The van der Waals surface area contributed by atoms with Crippen molar-refractivity contribution in [2.24, 2.45) is 0 Å². The van der Waals surface area contributed by atoms with Crippen molar-refractivity contribution >= 4 is 21.9 Å². The van der Waals surface area contributed by atoms with Crippen molar-refractivity contribution in [1.29, 1.82) is 0 Å². The minimum absolute atomic E-state index is 0.0594. The molecule has 1 aromatic rings. The highest BCUT2D eigenvalue weighted by Gasteiger charge is 2.00. The lowest BCUT2D eigenvalue weighted by Crippen LogP contribution is -2.00. The topological polar surface area (TPSA) is 46.5 Å². The predicted octanol–water partition coefficient (Wildman–Crippen LogP) is 2.87. The van der Waals surface area contributed by atoms with Crippen LogP contribution in [0.5, 0.6) is 5.75 Å². The van der Waals surface area contributed by atoms with E-state index in [1.165, 1.54) is 0 Å². The van der Waals surface area contributed by atoms with Gasteiger partial charge in [-0.1, -0.05) is 28.1 Å². The van der Waals surface area contributed by atoms with Crippen LogP contribution in [0.1, 0.15) is 18.4 Å². The van der Waals surface area contributed by atoms with Gasteiger partial charge in [-0.15, -0.1) is 0 Å². The molecule has 0 saturated carbocycles. The summed E-state index contributed by atoms with van der Waals surface area (Å²) in [5.41, 5.74) is 0.792. The normalized spacial score (nSPS) is 10.1. The van der Waals surface area contributed by atoms with E-state index < -0.39 is 5.97 Å². The third-order valence-corrected chi connectivity index (χ3v) is 2.64. The lowest BCUT2D eigenvalue weighted by atomic mass is 10.1. The molecule has 0 amide bonds. The molecule has 0 spiro atoms. The Morgan fingerprint density at radius 3 is 2.50 bits per heavy atom. The van der Waals surface area contributed by atoms with E-state index in [4.69, 9.17) is 9.84 Å². The molecule has 0 aromatic heterocycles. The molecule has 4 heteroatoms. The maximum atomic E-state index is 10.5. The molecule has 0 aliphatic heterocycles. The van der Waals surface area contributed by atoms with E-state index in [1.807, 2.05) is 12.1 Å². The molecule has 1 rings (SSSR count). The summed E-state index contributed by atoms with van der Waals surface area (Å²) in [5.74, 6) is -0.0188. The Labute approximate surface area is 104 Å². The van der Waals surface area contributed by atoms with Gasteiger partial charge in [-0.3, -0.25) is 4.79 Å². The molecule has 0 radical (unpaired) electrons. The lowest BCUT2D eigenvalue weighted by molar-refractivity contribution is -0.136.